The summed E-state index contributed by atoms with van der Waals surface area (Å²) in [4.78, 5) is 62.6. The molecule has 0 spiro atoms. The van der Waals surface area contributed by atoms with Gasteiger partial charge in [0.15, 0.2) is 11.6 Å². The van der Waals surface area contributed by atoms with Gasteiger partial charge < -0.3 is 59.2 Å². The first-order valence-corrected chi connectivity index (χ1v) is 24.9. The number of aliphatic hydroxyl groups is 1. The van der Waals surface area contributed by atoms with Crippen LogP contribution in [-0.2, 0) is 38.1 Å². The molecule has 0 amide bonds. The zero-order valence-electron chi connectivity index (χ0n) is 41.4. The summed E-state index contributed by atoms with van der Waals surface area (Å²) < 4.78 is 22.8. The van der Waals surface area contributed by atoms with Crippen molar-refractivity contribution in [2.45, 2.75) is 129 Å². The molecular weight excluding hydrogens is 819 g/mol. The van der Waals surface area contributed by atoms with Crippen LogP contribution in [0.25, 0.3) is 0 Å². The molecule has 0 aliphatic carbocycles. The largest absolute Gasteiger partial charge is 0.466 e. The molecule has 64 heavy (non-hydrogen) atoms. The van der Waals surface area contributed by atoms with E-state index in [0.717, 1.165) is 136 Å². The van der Waals surface area contributed by atoms with E-state index in [4.69, 9.17) is 18.9 Å². The molecule has 0 aromatic heterocycles. The molecule has 0 aromatic rings. The lowest BCUT2D eigenvalue weighted by molar-refractivity contribution is -0.144. The summed E-state index contributed by atoms with van der Waals surface area (Å²) in [6.45, 7) is 24.9. The summed E-state index contributed by atoms with van der Waals surface area (Å²) in [7, 11) is 4.33. The molecule has 2 fully saturated rings. The third-order valence-electron chi connectivity index (χ3n) is 12.4. The molecule has 2 saturated heterocycles. The van der Waals surface area contributed by atoms with Gasteiger partial charge in [-0.2, -0.15) is 0 Å². The van der Waals surface area contributed by atoms with E-state index in [0.29, 0.717) is 91.3 Å². The van der Waals surface area contributed by atoms with Crippen molar-refractivity contribution in [3.05, 3.63) is 0 Å². The molecule has 2 aliphatic rings. The fourth-order valence-electron chi connectivity index (χ4n) is 7.63. The number of aliphatic hydroxyl groups excluding tert-OH is 1. The molecule has 2 aliphatic heterocycles. The van der Waals surface area contributed by atoms with Gasteiger partial charge in [0, 0.05) is 111 Å². The second-order valence-electron chi connectivity index (χ2n) is 18.9. The molecular formula is C48H93N7O9. The molecule has 2 heterocycles. The van der Waals surface area contributed by atoms with Crippen LogP contribution in [0.3, 0.4) is 0 Å². The molecule has 3 N–H and O–H groups in total. The number of esters is 2. The number of ether oxygens (including phenoxy) is 4. The molecule has 0 radical (unpaired) electrons. The highest BCUT2D eigenvalue weighted by Crippen LogP contribution is 2.18. The first-order chi connectivity index (χ1) is 30.7. The summed E-state index contributed by atoms with van der Waals surface area (Å²) in [5.74, 6) is -0.346. The topological polar surface area (TPSA) is 166 Å². The van der Waals surface area contributed by atoms with E-state index in [-0.39, 0.29) is 30.1 Å². The van der Waals surface area contributed by atoms with Crippen molar-refractivity contribution in [2.24, 2.45) is 0 Å². The highest BCUT2D eigenvalue weighted by atomic mass is 16.5. The van der Waals surface area contributed by atoms with Gasteiger partial charge in [-0.05, 0) is 139 Å². The van der Waals surface area contributed by atoms with Gasteiger partial charge in [0.1, 0.15) is 11.2 Å². The van der Waals surface area contributed by atoms with E-state index in [1.165, 1.54) is 0 Å². The summed E-state index contributed by atoms with van der Waals surface area (Å²) >= 11 is 0. The van der Waals surface area contributed by atoms with Crippen molar-refractivity contribution >= 4 is 23.5 Å². The molecule has 0 atom stereocenters. The van der Waals surface area contributed by atoms with E-state index < -0.39 is 11.2 Å². The van der Waals surface area contributed by atoms with Crippen LogP contribution in [0, 0.1) is 0 Å². The van der Waals surface area contributed by atoms with Crippen molar-refractivity contribution in [1.29, 1.82) is 0 Å². The van der Waals surface area contributed by atoms with Crippen molar-refractivity contribution in [2.75, 3.05) is 158 Å². The lowest BCUT2D eigenvalue weighted by Gasteiger charge is -2.32. The summed E-state index contributed by atoms with van der Waals surface area (Å²) in [5, 5.41) is 16.1. The highest BCUT2D eigenvalue weighted by Gasteiger charge is 2.30. The first-order valence-electron chi connectivity index (χ1n) is 24.9. The van der Waals surface area contributed by atoms with Crippen LogP contribution < -0.4 is 10.6 Å². The normalized spacial score (nSPS) is 16.1. The van der Waals surface area contributed by atoms with Crippen LogP contribution in [0.1, 0.15) is 118 Å². The van der Waals surface area contributed by atoms with Gasteiger partial charge in [0.2, 0.25) is 0 Å². The Balaban J connectivity index is 1.50. The Labute approximate surface area is 388 Å². The second kappa shape index (κ2) is 35.1. The van der Waals surface area contributed by atoms with Gasteiger partial charge in [-0.3, -0.25) is 19.2 Å². The predicted molar refractivity (Wildman–Crippen MR) is 254 cm³/mol. The minimum absolute atomic E-state index is 0.00544. The number of piperazine rings is 2. The fraction of sp³-hybridized carbons (Fsp3) is 0.917. The summed E-state index contributed by atoms with van der Waals surface area (Å²) in [6, 6.07) is 0. The smallest absolute Gasteiger partial charge is 0.307 e. The number of Topliss-reactive ketones (excluding diaryl/α,β-unsaturated/α-hetero) is 2. The number of rotatable bonds is 40. The number of carbonyl (C=O) groups excluding carboxylic acids is 4. The second-order valence-corrected chi connectivity index (χ2v) is 18.9. The van der Waals surface area contributed by atoms with Crippen LogP contribution in [0.4, 0.5) is 0 Å². The zero-order valence-corrected chi connectivity index (χ0v) is 41.4. The lowest BCUT2D eigenvalue weighted by Crippen LogP contribution is -2.45. The van der Waals surface area contributed by atoms with E-state index in [9.17, 15) is 24.3 Å². The molecule has 2 rings (SSSR count). The number of nitrogens with zero attached hydrogens (tertiary/aromatic N) is 5. The number of likely N-dealkylation sites (N-methyl/N-ethyl adjacent to an activating group) is 2. The minimum Gasteiger partial charge on any atom is -0.466 e. The minimum atomic E-state index is -0.935. The number of hydrogen-bond acceptors (Lipinski definition) is 16. The van der Waals surface area contributed by atoms with Crippen molar-refractivity contribution in [3.8, 4) is 0 Å². The quantitative estimate of drug-likeness (QED) is 0.0606. The van der Waals surface area contributed by atoms with Crippen LogP contribution >= 0.6 is 0 Å². The fourth-order valence-corrected chi connectivity index (χ4v) is 7.63. The molecule has 16 heteroatoms. The Bertz CT molecular complexity index is 1160. The van der Waals surface area contributed by atoms with Crippen molar-refractivity contribution < 1.29 is 43.2 Å². The first kappa shape index (κ1) is 58.0. The monoisotopic (exact) mass is 912 g/mol. The maximum absolute atomic E-state index is 13.3. The van der Waals surface area contributed by atoms with Crippen molar-refractivity contribution in [1.82, 2.24) is 35.1 Å². The standard InChI is InChI=1S/C48H93N7O9/c1-47(2,63-41-13-7-11-39-61-45(59)17-23-49-21-15-26-54-34-30-51(5)31-35-54)43(57)19-28-53(25-9-10-38-56)29-20-44(58)48(3,4)64-42-14-8-12-40-62-46(60)18-24-50-22-16-27-55-36-32-52(6)33-37-55/h49-50,56H,7-42H2,1-6H3. The van der Waals surface area contributed by atoms with Gasteiger partial charge in [0.05, 0.1) is 26.1 Å². The molecule has 0 unspecified atom stereocenters. The Hall–Kier alpha value is -2.12. The predicted octanol–water partition coefficient (Wildman–Crippen LogP) is 3.23. The van der Waals surface area contributed by atoms with Gasteiger partial charge in [-0.15, -0.1) is 0 Å². The van der Waals surface area contributed by atoms with Gasteiger partial charge >= 0.3 is 11.9 Å². The summed E-state index contributed by atoms with van der Waals surface area (Å²) in [5.41, 5.74) is -1.87. The van der Waals surface area contributed by atoms with Gasteiger partial charge in [-0.25, -0.2) is 0 Å². The average Bonchev–Trinajstić information content (AvgIpc) is 3.27. The number of nitrogens with one attached hydrogen (secondary N) is 2. The highest BCUT2D eigenvalue weighted by molar-refractivity contribution is 5.87. The van der Waals surface area contributed by atoms with Crippen LogP contribution in [-0.4, -0.2) is 223 Å². The van der Waals surface area contributed by atoms with Crippen molar-refractivity contribution in [3.63, 3.8) is 0 Å². The van der Waals surface area contributed by atoms with Crippen LogP contribution in [0.2, 0.25) is 0 Å². The lowest BCUT2D eigenvalue weighted by atomic mass is 9.99. The molecule has 0 bridgehead atoms. The molecule has 374 valence electrons. The Morgan fingerprint density at radius 3 is 1.31 bits per heavy atom. The average molecular weight is 912 g/mol. The maximum atomic E-state index is 13.3. The third kappa shape index (κ3) is 28.8. The van der Waals surface area contributed by atoms with E-state index in [1.807, 2.05) is 0 Å². The SMILES string of the molecule is CN1CCN(CCCNCCC(=O)OCCCCCOC(C)(C)C(=O)CCN(CCCCO)CCC(=O)C(C)(C)OCCCCCOC(=O)CCNCCCN2CCN(C)CC2)CC1. The van der Waals surface area contributed by atoms with Crippen LogP contribution in [0.15, 0.2) is 0 Å². The third-order valence-corrected chi connectivity index (χ3v) is 12.4. The van der Waals surface area contributed by atoms with Gasteiger partial charge in [-0.1, -0.05) is 0 Å². The number of hydrogen-bond donors (Lipinski definition) is 3. The van der Waals surface area contributed by atoms with E-state index in [1.54, 1.807) is 27.7 Å². The summed E-state index contributed by atoms with van der Waals surface area (Å²) in [6.07, 6.45) is 9.62. The maximum Gasteiger partial charge on any atom is 0.307 e. The Morgan fingerprint density at radius 1 is 0.500 bits per heavy atom. The molecule has 0 aromatic carbocycles. The van der Waals surface area contributed by atoms with E-state index >= 15 is 0 Å². The number of carbonyl (C=O) groups is 4. The number of ketones is 2. The Kier molecular flexibility index (Phi) is 31.8. The Morgan fingerprint density at radius 2 is 0.906 bits per heavy atom. The molecule has 0 saturated carbocycles. The molecule has 16 nitrogen and oxygen atoms in total. The van der Waals surface area contributed by atoms with Gasteiger partial charge in [0.25, 0.3) is 0 Å². The zero-order chi connectivity index (χ0) is 46.9. The number of unbranched alkanes of at least 4 members (excludes halogenated alkanes) is 5. The van der Waals surface area contributed by atoms with Crippen LogP contribution in [0.5, 0.6) is 0 Å². The van der Waals surface area contributed by atoms with E-state index in [2.05, 4.69) is 49.2 Å².